The van der Waals surface area contributed by atoms with E-state index in [2.05, 4.69) is 19.1 Å². The first-order valence-corrected chi connectivity index (χ1v) is 6.78. The van der Waals surface area contributed by atoms with Crippen molar-refractivity contribution >= 4 is 28.4 Å². The highest BCUT2D eigenvalue weighted by molar-refractivity contribution is 7.15. The Kier molecular flexibility index (Phi) is 2.84. The minimum atomic E-state index is 0.0298. The van der Waals surface area contributed by atoms with Crippen molar-refractivity contribution in [3.8, 4) is 16.2 Å². The van der Waals surface area contributed by atoms with Gasteiger partial charge in [-0.05, 0) is 47.5 Å². The molecule has 0 aliphatic heterocycles. The van der Waals surface area contributed by atoms with Crippen molar-refractivity contribution in [3.05, 3.63) is 52.9 Å². The molecule has 1 aromatic heterocycles. The number of aryl methyl sites for hydroxylation is 1. The van der Waals surface area contributed by atoms with Crippen LogP contribution in [0.25, 0.3) is 21.2 Å². The summed E-state index contributed by atoms with van der Waals surface area (Å²) in [6.45, 7) is 2.08. The summed E-state index contributed by atoms with van der Waals surface area (Å²) < 4.78 is 0. The van der Waals surface area contributed by atoms with Crippen molar-refractivity contribution in [3.63, 3.8) is 0 Å². The third kappa shape index (κ3) is 2.02. The highest BCUT2D eigenvalue weighted by Gasteiger charge is 2.08. The summed E-state index contributed by atoms with van der Waals surface area (Å²) in [5, 5.41) is 11.4. The summed E-state index contributed by atoms with van der Waals surface area (Å²) in [5.41, 5.74) is 1.49. The molecule has 94 valence electrons. The number of aldehydes is 1. The Labute approximate surface area is 114 Å². The maximum absolute atomic E-state index is 11.0. The molecule has 0 aliphatic rings. The van der Waals surface area contributed by atoms with E-state index in [1.54, 1.807) is 17.4 Å². The Morgan fingerprint density at radius 3 is 2.63 bits per heavy atom. The van der Waals surface area contributed by atoms with E-state index >= 15 is 0 Å². The number of phenolic OH excluding ortho intramolecular Hbond substituents is 1. The lowest BCUT2D eigenvalue weighted by atomic mass is 10.0. The summed E-state index contributed by atoms with van der Waals surface area (Å²) in [4.78, 5) is 13.5. The summed E-state index contributed by atoms with van der Waals surface area (Å²) in [7, 11) is 0. The number of carbonyl (C=O) groups excluding carboxylic acids is 1. The van der Waals surface area contributed by atoms with Crippen molar-refractivity contribution in [1.29, 1.82) is 0 Å². The molecule has 2 nitrogen and oxygen atoms in total. The van der Waals surface area contributed by atoms with Gasteiger partial charge in [-0.2, -0.15) is 0 Å². The Morgan fingerprint density at radius 2 is 1.95 bits per heavy atom. The van der Waals surface area contributed by atoms with Gasteiger partial charge in [0, 0.05) is 9.75 Å². The van der Waals surface area contributed by atoms with Gasteiger partial charge in [-0.1, -0.05) is 18.2 Å². The van der Waals surface area contributed by atoms with Crippen LogP contribution in [0.1, 0.15) is 15.2 Å². The Balaban J connectivity index is 2.22. The molecule has 0 saturated carbocycles. The van der Waals surface area contributed by atoms with Crippen LogP contribution >= 0.6 is 11.3 Å². The van der Waals surface area contributed by atoms with E-state index in [9.17, 15) is 9.90 Å². The van der Waals surface area contributed by atoms with Gasteiger partial charge in [0.2, 0.25) is 0 Å². The maximum Gasteiger partial charge on any atom is 0.154 e. The van der Waals surface area contributed by atoms with E-state index < -0.39 is 0 Å². The summed E-state index contributed by atoms with van der Waals surface area (Å²) >= 11 is 1.74. The van der Waals surface area contributed by atoms with Gasteiger partial charge in [0.1, 0.15) is 5.75 Å². The summed E-state index contributed by atoms with van der Waals surface area (Å²) in [6, 6.07) is 13.5. The predicted octanol–water partition coefficient (Wildman–Crippen LogP) is 4.39. The molecular weight excluding hydrogens is 256 g/mol. The van der Waals surface area contributed by atoms with Crippen LogP contribution in [0.3, 0.4) is 0 Å². The van der Waals surface area contributed by atoms with Gasteiger partial charge in [0.05, 0.1) is 5.56 Å². The lowest BCUT2D eigenvalue weighted by Crippen LogP contribution is -1.85. The zero-order chi connectivity index (χ0) is 13.4. The smallest absolute Gasteiger partial charge is 0.154 e. The quantitative estimate of drug-likeness (QED) is 0.700. The second kappa shape index (κ2) is 4.52. The van der Waals surface area contributed by atoms with Gasteiger partial charge in [0.25, 0.3) is 0 Å². The molecule has 19 heavy (non-hydrogen) atoms. The van der Waals surface area contributed by atoms with Crippen LogP contribution in [0, 0.1) is 6.92 Å². The number of benzene rings is 2. The number of aromatic hydroxyl groups is 1. The molecule has 0 fully saturated rings. The zero-order valence-corrected chi connectivity index (χ0v) is 11.2. The number of hydrogen-bond acceptors (Lipinski definition) is 3. The number of fused-ring (bicyclic) bond motifs is 1. The number of carbonyl (C=O) groups is 1. The monoisotopic (exact) mass is 268 g/mol. The van der Waals surface area contributed by atoms with Crippen LogP contribution in [0.5, 0.6) is 5.75 Å². The Bertz CT molecular complexity index is 772. The Hall–Kier alpha value is -2.13. The number of phenols is 1. The van der Waals surface area contributed by atoms with Crippen molar-refractivity contribution < 1.29 is 9.90 Å². The molecule has 0 amide bonds. The van der Waals surface area contributed by atoms with E-state index in [0.29, 0.717) is 11.8 Å². The van der Waals surface area contributed by atoms with Crippen LogP contribution in [-0.2, 0) is 0 Å². The van der Waals surface area contributed by atoms with Crippen LogP contribution in [-0.4, -0.2) is 11.4 Å². The SMILES string of the molecule is Cc1ccc(-c2ccc3c(C=O)c(O)ccc3c2)s1. The average Bonchev–Trinajstić information content (AvgIpc) is 2.85. The zero-order valence-electron chi connectivity index (χ0n) is 10.4. The van der Waals surface area contributed by atoms with Crippen molar-refractivity contribution in [2.24, 2.45) is 0 Å². The minimum absolute atomic E-state index is 0.0298. The fourth-order valence-corrected chi connectivity index (χ4v) is 3.07. The first-order chi connectivity index (χ1) is 9.19. The van der Waals surface area contributed by atoms with E-state index in [1.807, 2.05) is 24.3 Å². The van der Waals surface area contributed by atoms with E-state index in [4.69, 9.17) is 0 Å². The molecule has 0 unspecified atom stereocenters. The van der Waals surface area contributed by atoms with E-state index in [-0.39, 0.29) is 5.75 Å². The molecule has 3 heteroatoms. The third-order valence-electron chi connectivity index (χ3n) is 3.18. The van der Waals surface area contributed by atoms with Gasteiger partial charge >= 0.3 is 0 Å². The van der Waals surface area contributed by atoms with Crippen LogP contribution in [0.2, 0.25) is 0 Å². The molecular formula is C16H12O2S. The molecule has 3 rings (SSSR count). The fourth-order valence-electron chi connectivity index (χ4n) is 2.21. The topological polar surface area (TPSA) is 37.3 Å². The van der Waals surface area contributed by atoms with Gasteiger partial charge in [-0.3, -0.25) is 4.79 Å². The van der Waals surface area contributed by atoms with E-state index in [1.165, 1.54) is 9.75 Å². The summed E-state index contributed by atoms with van der Waals surface area (Å²) in [5.74, 6) is 0.0298. The first-order valence-electron chi connectivity index (χ1n) is 5.97. The molecule has 1 N–H and O–H groups in total. The van der Waals surface area contributed by atoms with Crippen molar-refractivity contribution in [2.45, 2.75) is 6.92 Å². The van der Waals surface area contributed by atoms with Crippen molar-refractivity contribution in [2.75, 3.05) is 0 Å². The van der Waals surface area contributed by atoms with E-state index in [0.717, 1.165) is 16.3 Å². The van der Waals surface area contributed by atoms with Crippen LogP contribution in [0.4, 0.5) is 0 Å². The van der Waals surface area contributed by atoms with Gasteiger partial charge in [0.15, 0.2) is 6.29 Å². The summed E-state index contributed by atoms with van der Waals surface area (Å²) in [6.07, 6.45) is 0.701. The molecule has 1 heterocycles. The lowest BCUT2D eigenvalue weighted by molar-refractivity contribution is 0.112. The van der Waals surface area contributed by atoms with Crippen molar-refractivity contribution in [1.82, 2.24) is 0 Å². The second-order valence-electron chi connectivity index (χ2n) is 4.46. The van der Waals surface area contributed by atoms with Gasteiger partial charge in [-0.15, -0.1) is 11.3 Å². The second-order valence-corrected chi connectivity index (χ2v) is 5.75. The van der Waals surface area contributed by atoms with Crippen LogP contribution < -0.4 is 0 Å². The first kappa shape index (κ1) is 11.9. The molecule has 2 aromatic carbocycles. The van der Waals surface area contributed by atoms with Gasteiger partial charge in [-0.25, -0.2) is 0 Å². The third-order valence-corrected chi connectivity index (χ3v) is 4.23. The van der Waals surface area contributed by atoms with Crippen LogP contribution in [0.15, 0.2) is 42.5 Å². The molecule has 0 saturated heterocycles. The highest BCUT2D eigenvalue weighted by atomic mass is 32.1. The Morgan fingerprint density at radius 1 is 1.11 bits per heavy atom. The molecule has 0 bridgehead atoms. The minimum Gasteiger partial charge on any atom is -0.507 e. The number of hydrogen-bond donors (Lipinski definition) is 1. The lowest BCUT2D eigenvalue weighted by Gasteiger charge is -2.05. The normalized spacial score (nSPS) is 10.8. The maximum atomic E-state index is 11.0. The predicted molar refractivity (Wildman–Crippen MR) is 79.1 cm³/mol. The largest absolute Gasteiger partial charge is 0.507 e. The highest BCUT2D eigenvalue weighted by Crippen LogP contribution is 2.32. The molecule has 0 spiro atoms. The molecule has 3 aromatic rings. The standard InChI is InChI=1S/C16H12O2S/c1-10-2-7-16(19-10)12-3-5-13-11(8-12)4-6-15(18)14(13)9-17/h2-9,18H,1H3. The van der Waals surface area contributed by atoms with Gasteiger partial charge < -0.3 is 5.11 Å². The number of rotatable bonds is 2. The molecule has 0 atom stereocenters. The fraction of sp³-hybridized carbons (Fsp3) is 0.0625. The molecule has 0 aliphatic carbocycles. The number of thiophene rings is 1. The average molecular weight is 268 g/mol. The molecule has 0 radical (unpaired) electrons.